The highest BCUT2D eigenvalue weighted by Crippen LogP contribution is 2.45. The van der Waals surface area contributed by atoms with Gasteiger partial charge in [-0.05, 0) is 30.2 Å². The molecule has 0 spiro atoms. The van der Waals surface area contributed by atoms with Crippen molar-refractivity contribution in [3.8, 4) is 5.75 Å². The highest BCUT2D eigenvalue weighted by molar-refractivity contribution is 5.18. The topological polar surface area (TPSA) is 89.7 Å². The Bertz CT molecular complexity index is 724. The Balaban J connectivity index is 1.32. The molecule has 3 N–H and O–H groups in total. The van der Waals surface area contributed by atoms with Crippen LogP contribution in [0, 0.1) is 11.8 Å². The van der Waals surface area contributed by atoms with Crippen molar-refractivity contribution in [1.29, 1.82) is 0 Å². The normalized spacial score (nSPS) is 29.6. The monoisotopic (exact) mass is 355 g/mol. The number of β-amino-alcohol motifs (C(OH)–C–C–N with tert-alkyl or cyclic N) is 1. The second-order valence-electron chi connectivity index (χ2n) is 7.85. The van der Waals surface area contributed by atoms with Crippen LogP contribution < -0.4 is 0 Å². The van der Waals surface area contributed by atoms with Crippen LogP contribution in [0.2, 0.25) is 0 Å². The molecule has 1 saturated carbocycles. The number of fused-ring (bicyclic) bond motifs is 1. The first-order valence-electron chi connectivity index (χ1n) is 9.18. The van der Waals surface area contributed by atoms with Gasteiger partial charge in [-0.25, -0.2) is 9.97 Å². The molecule has 1 saturated heterocycles. The Morgan fingerprint density at radius 2 is 1.69 bits per heavy atom. The summed E-state index contributed by atoms with van der Waals surface area (Å²) in [7, 11) is 0. The van der Waals surface area contributed by atoms with Crippen molar-refractivity contribution < 1.29 is 15.3 Å². The number of benzene rings is 1. The lowest BCUT2D eigenvalue weighted by atomic mass is 9.91. The van der Waals surface area contributed by atoms with Gasteiger partial charge in [0.2, 0.25) is 0 Å². The largest absolute Gasteiger partial charge is 0.505 e. The molecule has 0 bridgehead atoms. The van der Waals surface area contributed by atoms with E-state index in [9.17, 15) is 15.3 Å². The lowest BCUT2D eigenvalue weighted by molar-refractivity contribution is 0.0325. The van der Waals surface area contributed by atoms with Gasteiger partial charge in [-0.2, -0.15) is 0 Å². The van der Waals surface area contributed by atoms with Crippen molar-refractivity contribution in [2.75, 3.05) is 19.6 Å². The summed E-state index contributed by atoms with van der Waals surface area (Å²) in [6.45, 7) is 2.25. The molecule has 2 fully saturated rings. The second-order valence-corrected chi connectivity index (χ2v) is 7.85. The molecule has 26 heavy (non-hydrogen) atoms. The maximum Gasteiger partial charge on any atom is 0.158 e. The maximum absolute atomic E-state index is 11.0. The van der Waals surface area contributed by atoms with Crippen molar-refractivity contribution in [2.45, 2.75) is 31.0 Å². The Kier molecular flexibility index (Phi) is 4.65. The van der Waals surface area contributed by atoms with Gasteiger partial charge in [0, 0.05) is 26.1 Å². The van der Waals surface area contributed by atoms with Crippen molar-refractivity contribution >= 4 is 0 Å². The Labute approximate surface area is 153 Å². The molecule has 2 aromatic rings. The third-order valence-electron chi connectivity index (χ3n) is 5.70. The minimum Gasteiger partial charge on any atom is -0.505 e. The molecule has 2 aliphatic rings. The number of hydrogen-bond acceptors (Lipinski definition) is 6. The lowest BCUT2D eigenvalue weighted by Gasteiger charge is -2.26. The summed E-state index contributed by atoms with van der Waals surface area (Å²) in [6.07, 6.45) is 4.17. The van der Waals surface area contributed by atoms with Gasteiger partial charge >= 0.3 is 0 Å². The maximum atomic E-state index is 11.0. The number of aromatic nitrogens is 2. The Morgan fingerprint density at radius 1 is 1.08 bits per heavy atom. The van der Waals surface area contributed by atoms with E-state index in [0.29, 0.717) is 30.6 Å². The summed E-state index contributed by atoms with van der Waals surface area (Å²) in [5.74, 6) is 1.27. The molecule has 138 valence electrons. The molecular weight excluding hydrogens is 330 g/mol. The van der Waals surface area contributed by atoms with Crippen molar-refractivity contribution in [1.82, 2.24) is 14.9 Å². The predicted molar refractivity (Wildman–Crippen MR) is 96.4 cm³/mol. The lowest BCUT2D eigenvalue weighted by Crippen LogP contribution is -2.33. The average Bonchev–Trinajstić information content (AvgIpc) is 3.10. The van der Waals surface area contributed by atoms with Crippen LogP contribution >= 0.6 is 0 Å². The van der Waals surface area contributed by atoms with E-state index in [1.807, 2.05) is 18.2 Å². The van der Waals surface area contributed by atoms with E-state index in [-0.39, 0.29) is 5.75 Å². The zero-order valence-corrected chi connectivity index (χ0v) is 14.7. The standard InChI is InChI=1S/C20H25N3O3/c24-17-9-21-19(22-10-17)18(25)13-23-11-15-7-20(26,8-16(15)12-23)6-14-4-2-1-3-5-14/h1-5,9-10,15-16,18,24-26H,6-8,11-13H2/t15-,16+,18?,20+. The number of aromatic hydroxyl groups is 1. The van der Waals surface area contributed by atoms with Gasteiger partial charge in [0.1, 0.15) is 6.10 Å². The van der Waals surface area contributed by atoms with Gasteiger partial charge in [0.05, 0.1) is 18.0 Å². The van der Waals surface area contributed by atoms with Gasteiger partial charge in [0.25, 0.3) is 0 Å². The number of rotatable bonds is 5. The van der Waals surface area contributed by atoms with Crippen LogP contribution in [-0.4, -0.2) is 55.4 Å². The van der Waals surface area contributed by atoms with E-state index in [0.717, 1.165) is 25.9 Å². The summed E-state index contributed by atoms with van der Waals surface area (Å²) in [6, 6.07) is 10.2. The van der Waals surface area contributed by atoms with E-state index in [4.69, 9.17) is 0 Å². The minimum atomic E-state index is -0.766. The van der Waals surface area contributed by atoms with Crippen LogP contribution in [-0.2, 0) is 6.42 Å². The number of aliphatic hydroxyl groups is 2. The van der Waals surface area contributed by atoms with Gasteiger partial charge in [-0.3, -0.25) is 4.90 Å². The smallest absolute Gasteiger partial charge is 0.158 e. The van der Waals surface area contributed by atoms with E-state index in [1.165, 1.54) is 18.0 Å². The van der Waals surface area contributed by atoms with Crippen molar-refractivity contribution in [3.05, 3.63) is 54.1 Å². The summed E-state index contributed by atoms with van der Waals surface area (Å²) in [5.41, 5.74) is 0.577. The summed E-state index contributed by atoms with van der Waals surface area (Å²) >= 11 is 0. The first-order chi connectivity index (χ1) is 12.5. The molecule has 1 aliphatic carbocycles. The molecule has 6 heteroatoms. The van der Waals surface area contributed by atoms with E-state index in [1.54, 1.807) is 0 Å². The highest BCUT2D eigenvalue weighted by atomic mass is 16.3. The molecule has 1 aromatic heterocycles. The van der Waals surface area contributed by atoms with E-state index in [2.05, 4.69) is 27.0 Å². The summed E-state index contributed by atoms with van der Waals surface area (Å²) in [5, 5.41) is 30.6. The van der Waals surface area contributed by atoms with Gasteiger partial charge in [0.15, 0.2) is 11.6 Å². The molecule has 6 nitrogen and oxygen atoms in total. The van der Waals surface area contributed by atoms with Crippen LogP contribution in [0.5, 0.6) is 5.75 Å². The molecule has 2 heterocycles. The molecule has 1 unspecified atom stereocenters. The van der Waals surface area contributed by atoms with Crippen molar-refractivity contribution in [2.24, 2.45) is 11.8 Å². The first kappa shape index (κ1) is 17.4. The molecule has 1 aromatic carbocycles. The molecule has 1 aliphatic heterocycles. The number of hydrogen-bond donors (Lipinski definition) is 3. The zero-order valence-electron chi connectivity index (χ0n) is 14.7. The summed E-state index contributed by atoms with van der Waals surface area (Å²) < 4.78 is 0. The molecular formula is C20H25N3O3. The SMILES string of the molecule is Oc1cnc(C(O)CN2C[C@@H]3C[C@](O)(Cc4ccccc4)C[C@@H]3C2)nc1. The molecule has 0 amide bonds. The Hall–Kier alpha value is -2.02. The summed E-state index contributed by atoms with van der Waals surface area (Å²) in [4.78, 5) is 10.2. The number of aliphatic hydroxyl groups excluding tert-OH is 1. The van der Waals surface area contributed by atoms with Crippen molar-refractivity contribution in [3.63, 3.8) is 0 Å². The fraction of sp³-hybridized carbons (Fsp3) is 0.500. The second kappa shape index (κ2) is 6.95. The predicted octanol–water partition coefficient (Wildman–Crippen LogP) is 1.53. The average molecular weight is 355 g/mol. The van der Waals surface area contributed by atoms with Crippen LogP contribution in [0.25, 0.3) is 0 Å². The zero-order chi connectivity index (χ0) is 18.1. The van der Waals surface area contributed by atoms with Gasteiger partial charge in [-0.1, -0.05) is 30.3 Å². The Morgan fingerprint density at radius 3 is 2.31 bits per heavy atom. The van der Waals surface area contributed by atoms with Gasteiger partial charge in [-0.15, -0.1) is 0 Å². The minimum absolute atomic E-state index is 0.00523. The quantitative estimate of drug-likeness (QED) is 0.754. The third kappa shape index (κ3) is 3.72. The molecule has 0 radical (unpaired) electrons. The number of likely N-dealkylation sites (tertiary alicyclic amines) is 1. The molecule has 4 rings (SSSR count). The van der Waals surface area contributed by atoms with Crippen LogP contribution in [0.15, 0.2) is 42.7 Å². The fourth-order valence-corrected chi connectivity index (χ4v) is 4.66. The fourth-order valence-electron chi connectivity index (χ4n) is 4.66. The third-order valence-corrected chi connectivity index (χ3v) is 5.70. The molecule has 4 atom stereocenters. The van der Waals surface area contributed by atoms with E-state index < -0.39 is 11.7 Å². The van der Waals surface area contributed by atoms with Crippen LogP contribution in [0.3, 0.4) is 0 Å². The first-order valence-corrected chi connectivity index (χ1v) is 9.18. The van der Waals surface area contributed by atoms with Crippen LogP contribution in [0.4, 0.5) is 0 Å². The van der Waals surface area contributed by atoms with E-state index >= 15 is 0 Å². The highest BCUT2D eigenvalue weighted by Gasteiger charge is 2.48. The number of nitrogens with zero attached hydrogens (tertiary/aromatic N) is 3. The van der Waals surface area contributed by atoms with Crippen LogP contribution in [0.1, 0.15) is 30.3 Å². The van der Waals surface area contributed by atoms with Gasteiger partial charge < -0.3 is 15.3 Å².